The number of sulfonamides is 1. The van der Waals surface area contributed by atoms with Crippen molar-refractivity contribution in [2.24, 2.45) is 5.73 Å². The Morgan fingerprint density at radius 1 is 1.22 bits per heavy atom. The number of amides is 1. The summed E-state index contributed by atoms with van der Waals surface area (Å²) in [6.07, 6.45) is 0.836. The van der Waals surface area contributed by atoms with Gasteiger partial charge in [-0.1, -0.05) is 13.8 Å². The Labute approximate surface area is 161 Å². The third kappa shape index (κ3) is 4.36. The summed E-state index contributed by atoms with van der Waals surface area (Å²) in [5.74, 6) is 0.104. The van der Waals surface area contributed by atoms with Crippen molar-refractivity contribution >= 4 is 15.9 Å². The summed E-state index contributed by atoms with van der Waals surface area (Å²) in [5, 5.41) is 0. The lowest BCUT2D eigenvalue weighted by Gasteiger charge is -2.35. The van der Waals surface area contributed by atoms with Gasteiger partial charge >= 0.3 is 0 Å². The van der Waals surface area contributed by atoms with Crippen LogP contribution in [-0.2, 0) is 21.2 Å². The molecule has 1 atom stereocenters. The highest BCUT2D eigenvalue weighted by molar-refractivity contribution is 7.89. The third-order valence-electron chi connectivity index (χ3n) is 4.99. The Morgan fingerprint density at radius 3 is 2.33 bits per heavy atom. The first kappa shape index (κ1) is 21.5. The number of carbonyl (C=O) groups excluding carboxylic acids is 1. The molecule has 152 valence electrons. The molecule has 9 heteroatoms. The van der Waals surface area contributed by atoms with E-state index in [4.69, 9.17) is 15.2 Å². The van der Waals surface area contributed by atoms with Crippen LogP contribution in [0.2, 0.25) is 0 Å². The molecule has 1 aliphatic rings. The standard InChI is InChI=1S/C18H29N3O5S/c1-5-20(6-2)8-7-9-21-14(18(19)22)10-13-11-15(25-3)16(26-4)12-17(13)27(21,23)24/h11-12,14H,5-10H2,1-4H3,(H2,19,22). The van der Waals surface area contributed by atoms with Crippen molar-refractivity contribution in [1.29, 1.82) is 0 Å². The second kappa shape index (κ2) is 8.90. The molecule has 0 bridgehead atoms. The minimum absolute atomic E-state index is 0.139. The quantitative estimate of drug-likeness (QED) is 0.660. The summed E-state index contributed by atoms with van der Waals surface area (Å²) in [4.78, 5) is 14.3. The second-order valence-corrected chi connectivity index (χ2v) is 8.29. The number of benzene rings is 1. The molecule has 0 fully saturated rings. The molecule has 0 aliphatic carbocycles. The lowest BCUT2D eigenvalue weighted by Crippen LogP contribution is -2.52. The molecular weight excluding hydrogens is 370 g/mol. The van der Waals surface area contributed by atoms with E-state index < -0.39 is 22.0 Å². The van der Waals surface area contributed by atoms with Gasteiger partial charge in [0.25, 0.3) is 0 Å². The van der Waals surface area contributed by atoms with Crippen LogP contribution in [0.1, 0.15) is 25.8 Å². The van der Waals surface area contributed by atoms with Crippen molar-refractivity contribution < 1.29 is 22.7 Å². The first-order valence-corrected chi connectivity index (χ1v) is 10.5. The summed E-state index contributed by atoms with van der Waals surface area (Å²) >= 11 is 0. The van der Waals surface area contributed by atoms with Gasteiger partial charge in [0.1, 0.15) is 6.04 Å². The second-order valence-electron chi connectivity index (χ2n) is 6.43. The summed E-state index contributed by atoms with van der Waals surface area (Å²) in [6.45, 7) is 6.89. The van der Waals surface area contributed by atoms with Gasteiger partial charge in [-0.05, 0) is 44.1 Å². The van der Waals surface area contributed by atoms with E-state index in [1.165, 1.54) is 24.6 Å². The number of methoxy groups -OCH3 is 2. The monoisotopic (exact) mass is 399 g/mol. The summed E-state index contributed by atoms with van der Waals surface area (Å²) in [5.41, 5.74) is 6.05. The minimum atomic E-state index is -3.87. The van der Waals surface area contributed by atoms with Crippen molar-refractivity contribution in [3.8, 4) is 11.5 Å². The van der Waals surface area contributed by atoms with Crippen molar-refractivity contribution in [3.05, 3.63) is 17.7 Å². The number of hydrogen-bond donors (Lipinski definition) is 1. The topological polar surface area (TPSA) is 102 Å². The van der Waals surface area contributed by atoms with E-state index in [1.807, 2.05) is 0 Å². The molecule has 1 amide bonds. The van der Waals surface area contributed by atoms with E-state index >= 15 is 0 Å². The summed E-state index contributed by atoms with van der Waals surface area (Å²) in [6, 6.07) is 2.16. The zero-order valence-corrected chi connectivity index (χ0v) is 17.2. The molecule has 0 aromatic heterocycles. The van der Waals surface area contributed by atoms with E-state index in [2.05, 4.69) is 18.7 Å². The molecule has 0 radical (unpaired) electrons. The van der Waals surface area contributed by atoms with Crippen LogP contribution in [0.5, 0.6) is 11.5 Å². The van der Waals surface area contributed by atoms with Gasteiger partial charge in [-0.25, -0.2) is 8.42 Å². The Bertz CT molecular complexity index is 777. The van der Waals surface area contributed by atoms with Crippen LogP contribution in [0.15, 0.2) is 17.0 Å². The normalized spacial score (nSPS) is 18.9. The van der Waals surface area contributed by atoms with Gasteiger partial charge in [-0.3, -0.25) is 4.79 Å². The van der Waals surface area contributed by atoms with E-state index in [1.54, 1.807) is 6.07 Å². The van der Waals surface area contributed by atoms with Gasteiger partial charge in [0, 0.05) is 12.6 Å². The highest BCUT2D eigenvalue weighted by Crippen LogP contribution is 2.38. The zero-order chi connectivity index (χ0) is 20.2. The van der Waals surface area contributed by atoms with Crippen LogP contribution < -0.4 is 15.2 Å². The van der Waals surface area contributed by atoms with Crippen LogP contribution in [0.25, 0.3) is 0 Å². The van der Waals surface area contributed by atoms with Gasteiger partial charge in [0.15, 0.2) is 11.5 Å². The molecule has 27 heavy (non-hydrogen) atoms. The average Bonchev–Trinajstić information content (AvgIpc) is 2.65. The third-order valence-corrected chi connectivity index (χ3v) is 6.98. The van der Waals surface area contributed by atoms with Gasteiger partial charge in [-0.15, -0.1) is 0 Å². The van der Waals surface area contributed by atoms with E-state index in [0.717, 1.165) is 19.6 Å². The first-order valence-electron chi connectivity index (χ1n) is 9.08. The first-order chi connectivity index (χ1) is 12.8. The zero-order valence-electron chi connectivity index (χ0n) is 16.4. The van der Waals surface area contributed by atoms with Crippen molar-refractivity contribution in [1.82, 2.24) is 9.21 Å². The molecule has 0 spiro atoms. The predicted molar refractivity (Wildman–Crippen MR) is 103 cm³/mol. The molecule has 1 aromatic rings. The number of carbonyl (C=O) groups is 1. The molecule has 1 aliphatic heterocycles. The van der Waals surface area contributed by atoms with E-state index in [-0.39, 0.29) is 17.9 Å². The molecule has 1 unspecified atom stereocenters. The van der Waals surface area contributed by atoms with Crippen LogP contribution in [0.4, 0.5) is 0 Å². The SMILES string of the molecule is CCN(CC)CCCN1C(C(N)=O)Cc2cc(OC)c(OC)cc2S1(=O)=O. The van der Waals surface area contributed by atoms with Crippen LogP contribution in [-0.4, -0.2) is 70.0 Å². The number of rotatable bonds is 9. The fraction of sp³-hybridized carbons (Fsp3) is 0.611. The van der Waals surface area contributed by atoms with E-state index in [9.17, 15) is 13.2 Å². The van der Waals surface area contributed by atoms with Crippen molar-refractivity contribution in [2.75, 3.05) is 40.4 Å². The summed E-state index contributed by atoms with van der Waals surface area (Å²) < 4.78 is 38.1. The molecule has 2 N–H and O–H groups in total. The fourth-order valence-electron chi connectivity index (χ4n) is 3.41. The Balaban J connectivity index is 2.38. The number of hydrogen-bond acceptors (Lipinski definition) is 6. The number of fused-ring (bicyclic) bond motifs is 1. The van der Waals surface area contributed by atoms with Crippen molar-refractivity contribution in [3.63, 3.8) is 0 Å². The summed E-state index contributed by atoms with van der Waals surface area (Å²) in [7, 11) is -0.937. The average molecular weight is 400 g/mol. The van der Waals surface area contributed by atoms with Crippen LogP contribution in [0, 0.1) is 0 Å². The van der Waals surface area contributed by atoms with Crippen molar-refractivity contribution in [2.45, 2.75) is 37.6 Å². The predicted octanol–water partition coefficient (Wildman–Crippen LogP) is 0.836. The number of nitrogens with zero attached hydrogens (tertiary/aromatic N) is 2. The minimum Gasteiger partial charge on any atom is -0.493 e. The van der Waals surface area contributed by atoms with Gasteiger partial charge in [0.2, 0.25) is 15.9 Å². The fourth-order valence-corrected chi connectivity index (χ4v) is 5.28. The number of nitrogens with two attached hydrogens (primary N) is 1. The van der Waals surface area contributed by atoms with Gasteiger partial charge in [-0.2, -0.15) is 4.31 Å². The van der Waals surface area contributed by atoms with E-state index in [0.29, 0.717) is 23.5 Å². The maximum atomic E-state index is 13.2. The molecule has 1 heterocycles. The smallest absolute Gasteiger partial charge is 0.244 e. The lowest BCUT2D eigenvalue weighted by molar-refractivity contribution is -0.121. The molecule has 8 nitrogen and oxygen atoms in total. The molecular formula is C18H29N3O5S. The molecule has 2 rings (SSSR count). The Morgan fingerprint density at radius 2 is 1.81 bits per heavy atom. The molecule has 0 saturated carbocycles. The largest absolute Gasteiger partial charge is 0.493 e. The lowest BCUT2D eigenvalue weighted by atomic mass is 10.0. The highest BCUT2D eigenvalue weighted by Gasteiger charge is 2.41. The Hall–Kier alpha value is -1.84. The maximum Gasteiger partial charge on any atom is 0.244 e. The van der Waals surface area contributed by atoms with Crippen LogP contribution >= 0.6 is 0 Å². The van der Waals surface area contributed by atoms with Crippen LogP contribution in [0.3, 0.4) is 0 Å². The molecule has 1 aromatic carbocycles. The van der Waals surface area contributed by atoms with Gasteiger partial charge in [0.05, 0.1) is 19.1 Å². The Kier molecular flexibility index (Phi) is 7.07. The molecule has 0 saturated heterocycles. The maximum absolute atomic E-state index is 13.2. The highest BCUT2D eigenvalue weighted by atomic mass is 32.2. The van der Waals surface area contributed by atoms with Gasteiger partial charge < -0.3 is 20.1 Å². The number of primary amides is 1. The number of ether oxygens (including phenoxy) is 2.